The van der Waals surface area contributed by atoms with Crippen LogP contribution in [-0.2, 0) is 20.7 Å². The molecule has 1 fully saturated rings. The van der Waals surface area contributed by atoms with Crippen molar-refractivity contribution in [1.82, 2.24) is 0 Å². The van der Waals surface area contributed by atoms with Gasteiger partial charge in [0.25, 0.3) is 0 Å². The van der Waals surface area contributed by atoms with Crippen molar-refractivity contribution in [1.29, 1.82) is 0 Å². The van der Waals surface area contributed by atoms with Gasteiger partial charge in [-0.15, -0.1) is 11.3 Å². The zero-order valence-corrected chi connectivity index (χ0v) is 22.1. The highest BCUT2D eigenvalue weighted by atomic mass is 35.5. The average Bonchev–Trinajstić information content (AvgIpc) is 3.25. The summed E-state index contributed by atoms with van der Waals surface area (Å²) in [7, 11) is 1.38. The molecule has 0 saturated heterocycles. The van der Waals surface area contributed by atoms with Crippen molar-refractivity contribution in [2.45, 2.75) is 64.6 Å². The molecule has 0 radical (unpaired) electrons. The molecule has 3 rings (SSSR count). The molecule has 35 heavy (non-hydrogen) atoms. The Kier molecular flexibility index (Phi) is 9.70. The summed E-state index contributed by atoms with van der Waals surface area (Å²) in [6.07, 6.45) is 9.38. The molecule has 1 aliphatic rings. The molecule has 1 aromatic carbocycles. The summed E-state index contributed by atoms with van der Waals surface area (Å²) in [6, 6.07) is 7.99. The fourth-order valence-corrected chi connectivity index (χ4v) is 6.23. The molecule has 0 amide bonds. The van der Waals surface area contributed by atoms with E-state index in [4.69, 9.17) is 11.6 Å². The number of halogens is 1. The monoisotopic (exact) mass is 518 g/mol. The Hall–Kier alpha value is -1.99. The summed E-state index contributed by atoms with van der Waals surface area (Å²) < 4.78 is 5.77. The number of carbonyl (C=O) groups excluding carboxylic acids is 2. The molecule has 0 bridgehead atoms. The van der Waals surface area contributed by atoms with E-state index in [2.05, 4.69) is 4.74 Å². The Balaban J connectivity index is 1.59. The number of carbonyl (C=O) groups is 2. The number of hydrogen-bond acceptors (Lipinski definition) is 6. The van der Waals surface area contributed by atoms with E-state index >= 15 is 0 Å². The second-order valence-corrected chi connectivity index (χ2v) is 11.2. The van der Waals surface area contributed by atoms with Crippen LogP contribution in [0, 0.1) is 17.3 Å². The van der Waals surface area contributed by atoms with Gasteiger partial charge in [0, 0.05) is 33.2 Å². The molecule has 2 aromatic rings. The number of rotatable bonds is 11. The van der Waals surface area contributed by atoms with Gasteiger partial charge in [0.15, 0.2) is 0 Å². The zero-order valence-electron chi connectivity index (χ0n) is 20.6. The lowest BCUT2D eigenvalue weighted by Crippen LogP contribution is -2.31. The summed E-state index contributed by atoms with van der Waals surface area (Å²) in [6.45, 7) is 3.56. The van der Waals surface area contributed by atoms with Crippen LogP contribution in [0.15, 0.2) is 48.6 Å². The summed E-state index contributed by atoms with van der Waals surface area (Å²) in [5.74, 6) is -0.907. The molecule has 1 saturated carbocycles. The largest absolute Gasteiger partial charge is 0.469 e. The predicted octanol–water partition coefficient (Wildman–Crippen LogP) is 5.90. The summed E-state index contributed by atoms with van der Waals surface area (Å²) >= 11 is 8.16. The highest BCUT2D eigenvalue weighted by molar-refractivity contribution is 7.19. The lowest BCUT2D eigenvalue weighted by molar-refractivity contribution is -0.140. The van der Waals surface area contributed by atoms with E-state index in [0.717, 1.165) is 26.4 Å². The quantitative estimate of drug-likeness (QED) is 0.220. The van der Waals surface area contributed by atoms with Gasteiger partial charge in [-0.3, -0.25) is 9.59 Å². The highest BCUT2D eigenvalue weighted by Gasteiger charge is 2.52. The van der Waals surface area contributed by atoms with Crippen molar-refractivity contribution in [3.8, 4) is 0 Å². The van der Waals surface area contributed by atoms with Crippen LogP contribution >= 0.6 is 22.9 Å². The van der Waals surface area contributed by atoms with Gasteiger partial charge in [-0.2, -0.15) is 0 Å². The van der Waals surface area contributed by atoms with Gasteiger partial charge < -0.3 is 14.9 Å². The maximum atomic E-state index is 13.0. The first-order valence-electron chi connectivity index (χ1n) is 12.1. The number of fused-ring (bicyclic) bond motifs is 1. The van der Waals surface area contributed by atoms with E-state index in [1.165, 1.54) is 7.11 Å². The number of esters is 1. The Bertz CT molecular complexity index is 1090. The number of aliphatic hydroxyl groups excluding tert-OH is 2. The molecule has 190 valence electrons. The Labute approximate surface area is 216 Å². The van der Waals surface area contributed by atoms with Crippen molar-refractivity contribution in [2.75, 3.05) is 7.11 Å². The summed E-state index contributed by atoms with van der Waals surface area (Å²) in [4.78, 5) is 25.3. The van der Waals surface area contributed by atoms with E-state index < -0.39 is 17.6 Å². The van der Waals surface area contributed by atoms with Crippen LogP contribution in [0.4, 0.5) is 0 Å². The number of aryl methyl sites for hydroxylation is 1. The maximum absolute atomic E-state index is 13.0. The zero-order chi connectivity index (χ0) is 25.6. The predicted molar refractivity (Wildman–Crippen MR) is 142 cm³/mol. The van der Waals surface area contributed by atoms with Crippen LogP contribution in [0.2, 0.25) is 5.02 Å². The number of hydrogen-bond donors (Lipinski definition) is 2. The fourth-order valence-electron chi connectivity index (χ4n) is 4.69. The average molecular weight is 519 g/mol. The van der Waals surface area contributed by atoms with Gasteiger partial charge in [0.1, 0.15) is 5.78 Å². The number of Topliss-reactive ketones (excluding diaryl/α,β-unsaturated/α-hetero) is 1. The van der Waals surface area contributed by atoms with E-state index in [-0.39, 0.29) is 23.6 Å². The van der Waals surface area contributed by atoms with Crippen LogP contribution in [-0.4, -0.2) is 41.3 Å². The van der Waals surface area contributed by atoms with Crippen LogP contribution in [0.3, 0.4) is 0 Å². The minimum absolute atomic E-state index is 0.0328. The van der Waals surface area contributed by atoms with Crippen LogP contribution in [0.5, 0.6) is 0 Å². The van der Waals surface area contributed by atoms with Crippen LogP contribution in [0.1, 0.15) is 50.8 Å². The summed E-state index contributed by atoms with van der Waals surface area (Å²) in [5.41, 5.74) is -0.839. The molecule has 4 atom stereocenters. The lowest BCUT2D eigenvalue weighted by atomic mass is 9.86. The standard InChI is InChI=1S/C28H35ClO5S/c1-28(2)26(32)19(10-6-4-5-7-13-24(31)34-3)20(27(28)33)16-14-18(30)15-17-23-25(29)21-11-8-9-12-22(21)35-23/h4,6,8-9,11-12,14,16,18-20,27,30,33H,5,7,10,13,15,17H2,1-3H3. The first kappa shape index (κ1) is 27.6. The maximum Gasteiger partial charge on any atom is 0.305 e. The first-order valence-corrected chi connectivity index (χ1v) is 13.3. The number of benzene rings is 1. The number of ether oxygens (including phenoxy) is 1. The third kappa shape index (κ3) is 6.62. The van der Waals surface area contributed by atoms with Crippen molar-refractivity contribution in [3.63, 3.8) is 0 Å². The first-order chi connectivity index (χ1) is 16.7. The Morgan fingerprint density at radius 1 is 1.29 bits per heavy atom. The lowest BCUT2D eigenvalue weighted by Gasteiger charge is -2.22. The van der Waals surface area contributed by atoms with Crippen molar-refractivity contribution >= 4 is 44.8 Å². The third-order valence-corrected chi connectivity index (χ3v) is 8.67. The number of methoxy groups -OCH3 is 1. The van der Waals surface area contributed by atoms with Gasteiger partial charge >= 0.3 is 5.97 Å². The van der Waals surface area contributed by atoms with E-state index in [9.17, 15) is 19.8 Å². The number of ketones is 1. The molecule has 1 heterocycles. The third-order valence-electron chi connectivity index (χ3n) is 6.90. The van der Waals surface area contributed by atoms with Crippen molar-refractivity contribution in [2.24, 2.45) is 17.3 Å². The molecule has 4 unspecified atom stereocenters. The molecule has 7 heteroatoms. The van der Waals surface area contributed by atoms with Gasteiger partial charge in [-0.25, -0.2) is 0 Å². The molecule has 2 N–H and O–H groups in total. The molecular weight excluding hydrogens is 484 g/mol. The summed E-state index contributed by atoms with van der Waals surface area (Å²) in [5, 5.41) is 23.3. The van der Waals surface area contributed by atoms with Crippen LogP contribution < -0.4 is 0 Å². The van der Waals surface area contributed by atoms with Gasteiger partial charge in [-0.1, -0.05) is 68.0 Å². The number of aliphatic hydroxyl groups is 2. The van der Waals surface area contributed by atoms with Crippen molar-refractivity contribution in [3.05, 3.63) is 58.5 Å². The number of unbranched alkanes of at least 4 members (excludes halogenated alkanes) is 1. The molecule has 5 nitrogen and oxygen atoms in total. The smallest absolute Gasteiger partial charge is 0.305 e. The minimum Gasteiger partial charge on any atom is -0.469 e. The SMILES string of the molecule is COC(=O)CCCC=CCC1C(=O)C(C)(C)C(O)C1C=CC(O)CCc1sc2ccccc2c1Cl. The molecule has 0 aliphatic heterocycles. The van der Waals surface area contributed by atoms with E-state index in [1.54, 1.807) is 31.3 Å². The second kappa shape index (κ2) is 12.3. The van der Waals surface area contributed by atoms with Gasteiger partial charge in [-0.05, 0) is 38.2 Å². The molecule has 1 aromatic heterocycles. The highest BCUT2D eigenvalue weighted by Crippen LogP contribution is 2.45. The van der Waals surface area contributed by atoms with E-state index in [1.807, 2.05) is 42.5 Å². The molecule has 1 aliphatic carbocycles. The Morgan fingerprint density at radius 2 is 2.03 bits per heavy atom. The molecule has 0 spiro atoms. The Morgan fingerprint density at radius 3 is 2.74 bits per heavy atom. The second-order valence-electron chi connectivity index (χ2n) is 9.72. The van der Waals surface area contributed by atoms with Gasteiger partial charge in [0.2, 0.25) is 0 Å². The number of thiophene rings is 1. The minimum atomic E-state index is -0.839. The van der Waals surface area contributed by atoms with Crippen LogP contribution in [0.25, 0.3) is 10.1 Å². The van der Waals surface area contributed by atoms with Crippen molar-refractivity contribution < 1.29 is 24.5 Å². The topological polar surface area (TPSA) is 83.8 Å². The normalized spacial score (nSPS) is 23.0. The van der Waals surface area contributed by atoms with E-state index in [0.29, 0.717) is 32.1 Å². The molecular formula is C28H35ClO5S. The van der Waals surface area contributed by atoms with Gasteiger partial charge in [0.05, 0.1) is 29.8 Å². The number of allylic oxidation sites excluding steroid dienone is 2. The fraction of sp³-hybridized carbons (Fsp3) is 0.500.